The molecular formula is C19H14I3NO3. The molecule has 0 saturated carbocycles. The summed E-state index contributed by atoms with van der Waals surface area (Å²) in [5.41, 5.74) is 3.11. The van der Waals surface area contributed by atoms with Crippen LogP contribution in [0.4, 0.5) is 0 Å². The summed E-state index contributed by atoms with van der Waals surface area (Å²) in [7, 11) is 0. The van der Waals surface area contributed by atoms with Crippen LogP contribution in [0.2, 0.25) is 0 Å². The molecule has 1 heterocycles. The molecule has 2 aromatic carbocycles. The summed E-state index contributed by atoms with van der Waals surface area (Å²) in [6, 6.07) is 9.81. The highest BCUT2D eigenvalue weighted by Crippen LogP contribution is 2.30. The highest BCUT2D eigenvalue weighted by Gasteiger charge is 2.24. The summed E-state index contributed by atoms with van der Waals surface area (Å²) in [5, 5.41) is 0. The summed E-state index contributed by atoms with van der Waals surface area (Å²) >= 11 is 6.74. The number of esters is 1. The van der Waals surface area contributed by atoms with Crippen molar-refractivity contribution >= 4 is 85.7 Å². The van der Waals surface area contributed by atoms with Crippen LogP contribution in [0.3, 0.4) is 0 Å². The van der Waals surface area contributed by atoms with Crippen LogP contribution in [0.5, 0.6) is 5.75 Å². The second-order valence-corrected chi connectivity index (χ2v) is 9.03. The summed E-state index contributed by atoms with van der Waals surface area (Å²) in [6.45, 7) is 4.59. The molecule has 0 radical (unpaired) electrons. The molecule has 0 unspecified atom stereocenters. The average molecular weight is 685 g/mol. The van der Waals surface area contributed by atoms with Crippen molar-refractivity contribution in [1.82, 2.24) is 0 Å². The lowest BCUT2D eigenvalue weighted by molar-refractivity contribution is -0.129. The van der Waals surface area contributed by atoms with Gasteiger partial charge in [-0.2, -0.15) is 0 Å². The number of rotatable bonds is 4. The molecule has 3 rings (SSSR count). The van der Waals surface area contributed by atoms with Crippen LogP contribution in [-0.2, 0) is 9.53 Å². The van der Waals surface area contributed by atoms with Crippen LogP contribution < -0.4 is 4.74 Å². The SMILES string of the molecule is CCOc1c(I)cc(/C=C2\N=C(c3ccc(I)c(C)c3)OC2=O)cc1I. The summed E-state index contributed by atoms with van der Waals surface area (Å²) in [6.07, 6.45) is 1.74. The molecule has 7 heteroatoms. The van der Waals surface area contributed by atoms with Crippen molar-refractivity contribution < 1.29 is 14.3 Å². The summed E-state index contributed by atoms with van der Waals surface area (Å²) < 4.78 is 14.2. The van der Waals surface area contributed by atoms with Gasteiger partial charge in [0.25, 0.3) is 0 Å². The molecule has 0 N–H and O–H groups in total. The van der Waals surface area contributed by atoms with E-state index < -0.39 is 5.97 Å². The van der Waals surface area contributed by atoms with E-state index in [9.17, 15) is 4.79 Å². The summed E-state index contributed by atoms with van der Waals surface area (Å²) in [4.78, 5) is 16.6. The number of aliphatic imine (C=N–C) groups is 1. The predicted octanol–water partition coefficient (Wildman–Crippen LogP) is 5.55. The van der Waals surface area contributed by atoms with Crippen molar-refractivity contribution in [3.05, 3.63) is 63.4 Å². The number of carbonyl (C=O) groups excluding carboxylic acids is 1. The topological polar surface area (TPSA) is 47.9 Å². The summed E-state index contributed by atoms with van der Waals surface area (Å²) in [5.74, 6) is 0.773. The van der Waals surface area contributed by atoms with Gasteiger partial charge in [-0.05, 0) is 129 Å². The van der Waals surface area contributed by atoms with Crippen molar-refractivity contribution in [3.63, 3.8) is 0 Å². The lowest BCUT2D eigenvalue weighted by Gasteiger charge is -2.09. The third-order valence-electron chi connectivity index (χ3n) is 3.64. The Morgan fingerprint density at radius 2 is 1.81 bits per heavy atom. The van der Waals surface area contributed by atoms with E-state index in [1.165, 1.54) is 0 Å². The third kappa shape index (κ3) is 4.41. The van der Waals surface area contributed by atoms with Crippen molar-refractivity contribution in [2.24, 2.45) is 4.99 Å². The molecule has 0 fully saturated rings. The lowest BCUT2D eigenvalue weighted by atomic mass is 10.1. The van der Waals surface area contributed by atoms with Gasteiger partial charge in [-0.3, -0.25) is 0 Å². The molecule has 1 aliphatic heterocycles. The standard InChI is InChI=1S/C19H14I3NO3/c1-3-25-17-14(21)7-11(8-15(17)22)9-16-19(24)26-18(23-16)12-4-5-13(20)10(2)6-12/h4-9H,3H2,1-2H3/b16-9-. The van der Waals surface area contributed by atoms with Crippen LogP contribution in [-0.4, -0.2) is 18.5 Å². The fourth-order valence-corrected chi connectivity index (χ4v) is 4.88. The van der Waals surface area contributed by atoms with Gasteiger partial charge < -0.3 is 9.47 Å². The first-order valence-electron chi connectivity index (χ1n) is 7.80. The van der Waals surface area contributed by atoms with Gasteiger partial charge in [-0.1, -0.05) is 0 Å². The molecular weight excluding hydrogens is 671 g/mol. The van der Waals surface area contributed by atoms with Crippen LogP contribution >= 0.6 is 67.8 Å². The molecule has 1 aliphatic rings. The van der Waals surface area contributed by atoms with Gasteiger partial charge in [0.05, 0.1) is 13.7 Å². The second-order valence-electron chi connectivity index (χ2n) is 5.55. The Morgan fingerprint density at radius 1 is 1.12 bits per heavy atom. The Bertz CT molecular complexity index is 928. The number of halogens is 3. The van der Waals surface area contributed by atoms with Gasteiger partial charge in [0.1, 0.15) is 5.75 Å². The predicted molar refractivity (Wildman–Crippen MR) is 128 cm³/mol. The van der Waals surface area contributed by atoms with E-state index in [0.29, 0.717) is 18.2 Å². The Labute approximate surface area is 192 Å². The Balaban J connectivity index is 1.95. The molecule has 4 nitrogen and oxygen atoms in total. The fraction of sp³-hybridized carbons (Fsp3) is 0.158. The quantitative estimate of drug-likeness (QED) is 0.241. The Morgan fingerprint density at radius 3 is 2.42 bits per heavy atom. The molecule has 0 aromatic heterocycles. The number of carbonyl (C=O) groups is 1. The molecule has 0 spiro atoms. The number of nitrogens with zero attached hydrogens (tertiary/aromatic N) is 1. The maximum atomic E-state index is 12.2. The molecule has 0 atom stereocenters. The highest BCUT2D eigenvalue weighted by atomic mass is 127. The minimum absolute atomic E-state index is 0.298. The average Bonchev–Trinajstić information content (AvgIpc) is 2.94. The van der Waals surface area contributed by atoms with E-state index in [2.05, 4.69) is 72.8 Å². The molecule has 2 aromatic rings. The van der Waals surface area contributed by atoms with Gasteiger partial charge in [0.15, 0.2) is 5.70 Å². The number of hydrogen-bond acceptors (Lipinski definition) is 4. The maximum Gasteiger partial charge on any atom is 0.363 e. The van der Waals surface area contributed by atoms with Gasteiger partial charge in [-0.25, -0.2) is 9.79 Å². The first kappa shape index (κ1) is 20.1. The van der Waals surface area contributed by atoms with Crippen LogP contribution in [0.1, 0.15) is 23.6 Å². The normalized spacial score (nSPS) is 15.2. The van der Waals surface area contributed by atoms with E-state index in [0.717, 1.165) is 33.2 Å². The Kier molecular flexibility index (Phi) is 6.59. The van der Waals surface area contributed by atoms with Gasteiger partial charge in [0.2, 0.25) is 5.90 Å². The van der Waals surface area contributed by atoms with Crippen molar-refractivity contribution in [2.75, 3.05) is 6.61 Å². The van der Waals surface area contributed by atoms with E-state index in [1.807, 2.05) is 44.2 Å². The molecule has 0 aliphatic carbocycles. The molecule has 0 amide bonds. The van der Waals surface area contributed by atoms with E-state index >= 15 is 0 Å². The van der Waals surface area contributed by atoms with Crippen LogP contribution in [0.15, 0.2) is 41.0 Å². The zero-order valence-electron chi connectivity index (χ0n) is 14.0. The van der Waals surface area contributed by atoms with Crippen molar-refractivity contribution in [3.8, 4) is 5.75 Å². The van der Waals surface area contributed by atoms with Crippen LogP contribution in [0, 0.1) is 17.6 Å². The third-order valence-corrected chi connectivity index (χ3v) is 6.45. The molecule has 134 valence electrons. The first-order chi connectivity index (χ1) is 12.4. The maximum absolute atomic E-state index is 12.2. The minimum Gasteiger partial charge on any atom is -0.492 e. The lowest BCUT2D eigenvalue weighted by Crippen LogP contribution is -2.05. The Hall–Kier alpha value is -0.690. The number of hydrogen-bond donors (Lipinski definition) is 0. The molecule has 0 bridgehead atoms. The van der Waals surface area contributed by atoms with E-state index in [-0.39, 0.29) is 0 Å². The van der Waals surface area contributed by atoms with Gasteiger partial charge in [0, 0.05) is 9.13 Å². The molecule has 0 saturated heterocycles. The zero-order chi connectivity index (χ0) is 18.8. The molecule has 26 heavy (non-hydrogen) atoms. The number of cyclic esters (lactones) is 1. The van der Waals surface area contributed by atoms with E-state index in [1.54, 1.807) is 6.08 Å². The van der Waals surface area contributed by atoms with Gasteiger partial charge in [-0.15, -0.1) is 0 Å². The smallest absolute Gasteiger partial charge is 0.363 e. The zero-order valence-corrected chi connectivity index (χ0v) is 20.4. The van der Waals surface area contributed by atoms with E-state index in [4.69, 9.17) is 9.47 Å². The van der Waals surface area contributed by atoms with Crippen LogP contribution in [0.25, 0.3) is 6.08 Å². The fourth-order valence-electron chi connectivity index (χ4n) is 2.41. The number of benzene rings is 2. The number of aryl methyl sites for hydroxylation is 1. The number of ether oxygens (including phenoxy) is 2. The van der Waals surface area contributed by atoms with Crippen molar-refractivity contribution in [2.45, 2.75) is 13.8 Å². The van der Waals surface area contributed by atoms with Gasteiger partial charge >= 0.3 is 5.97 Å². The highest BCUT2D eigenvalue weighted by molar-refractivity contribution is 14.1. The largest absolute Gasteiger partial charge is 0.492 e. The minimum atomic E-state index is -0.435. The first-order valence-corrected chi connectivity index (χ1v) is 11.0. The monoisotopic (exact) mass is 685 g/mol. The van der Waals surface area contributed by atoms with Crippen molar-refractivity contribution in [1.29, 1.82) is 0 Å². The second kappa shape index (κ2) is 8.55.